The van der Waals surface area contributed by atoms with Crippen molar-refractivity contribution in [3.8, 4) is 5.75 Å². The number of rotatable bonds is 5. The van der Waals surface area contributed by atoms with Crippen molar-refractivity contribution in [3.63, 3.8) is 0 Å². The molecule has 2 aromatic rings. The molecule has 0 aliphatic heterocycles. The van der Waals surface area contributed by atoms with Crippen molar-refractivity contribution in [2.24, 2.45) is 0 Å². The number of ether oxygens (including phenoxy) is 1. The number of ketones is 1. The number of nitrogens with one attached hydrogen (secondary N) is 1. The number of amides is 1. The van der Waals surface area contributed by atoms with E-state index in [1.54, 1.807) is 12.3 Å². The SMILES string of the molecule is CC(=O)c1csc(NC(=O)[C@@H](C)Oc2cccc(C)c2C)n1. The molecule has 1 atom stereocenters. The molecule has 0 aliphatic rings. The summed E-state index contributed by atoms with van der Waals surface area (Å²) in [5.74, 6) is 0.257. The lowest BCUT2D eigenvalue weighted by Gasteiger charge is -2.16. The number of hydrogen-bond acceptors (Lipinski definition) is 5. The van der Waals surface area contributed by atoms with Gasteiger partial charge in [0.25, 0.3) is 5.91 Å². The predicted molar refractivity (Wildman–Crippen MR) is 86.8 cm³/mol. The number of nitrogens with zero attached hydrogens (tertiary/aromatic N) is 1. The lowest BCUT2D eigenvalue weighted by molar-refractivity contribution is -0.122. The quantitative estimate of drug-likeness (QED) is 0.858. The molecular formula is C16H18N2O3S. The van der Waals surface area contributed by atoms with Gasteiger partial charge in [-0.1, -0.05) is 12.1 Å². The highest BCUT2D eigenvalue weighted by molar-refractivity contribution is 7.14. The fourth-order valence-electron chi connectivity index (χ4n) is 1.80. The largest absolute Gasteiger partial charge is 0.481 e. The molecule has 0 saturated heterocycles. The Morgan fingerprint density at radius 3 is 2.68 bits per heavy atom. The van der Waals surface area contributed by atoms with Crippen LogP contribution in [0, 0.1) is 13.8 Å². The Morgan fingerprint density at radius 2 is 2.05 bits per heavy atom. The van der Waals surface area contributed by atoms with Crippen molar-refractivity contribution >= 4 is 28.2 Å². The molecule has 0 spiro atoms. The molecule has 6 heteroatoms. The van der Waals surface area contributed by atoms with Gasteiger partial charge in [0.2, 0.25) is 0 Å². The van der Waals surface area contributed by atoms with E-state index < -0.39 is 6.10 Å². The molecular weight excluding hydrogens is 300 g/mol. The summed E-state index contributed by atoms with van der Waals surface area (Å²) in [7, 11) is 0. The first-order valence-corrected chi connectivity index (χ1v) is 7.76. The summed E-state index contributed by atoms with van der Waals surface area (Å²) in [6, 6.07) is 5.72. The molecule has 1 N–H and O–H groups in total. The normalized spacial score (nSPS) is 11.8. The first kappa shape index (κ1) is 16.2. The number of benzene rings is 1. The minimum Gasteiger partial charge on any atom is -0.481 e. The summed E-state index contributed by atoms with van der Waals surface area (Å²) >= 11 is 1.22. The van der Waals surface area contributed by atoms with E-state index in [2.05, 4.69) is 10.3 Å². The molecule has 22 heavy (non-hydrogen) atoms. The van der Waals surface area contributed by atoms with Crippen molar-refractivity contribution in [3.05, 3.63) is 40.4 Å². The van der Waals surface area contributed by atoms with Crippen LogP contribution in [0.15, 0.2) is 23.6 Å². The molecule has 1 amide bonds. The average molecular weight is 318 g/mol. The highest BCUT2D eigenvalue weighted by Gasteiger charge is 2.18. The lowest BCUT2D eigenvalue weighted by atomic mass is 10.1. The van der Waals surface area contributed by atoms with Crippen LogP contribution in [0.1, 0.15) is 35.5 Å². The molecule has 5 nitrogen and oxygen atoms in total. The minimum absolute atomic E-state index is 0.128. The molecule has 0 saturated carbocycles. The van der Waals surface area contributed by atoms with Gasteiger partial charge < -0.3 is 4.74 Å². The highest BCUT2D eigenvalue weighted by atomic mass is 32.1. The second-order valence-electron chi connectivity index (χ2n) is 5.04. The Bertz CT molecular complexity index is 709. The number of aryl methyl sites for hydroxylation is 1. The van der Waals surface area contributed by atoms with Gasteiger partial charge in [0.05, 0.1) is 0 Å². The first-order valence-electron chi connectivity index (χ1n) is 6.88. The van der Waals surface area contributed by atoms with E-state index in [0.717, 1.165) is 11.1 Å². The maximum atomic E-state index is 12.1. The number of aromatic nitrogens is 1. The first-order chi connectivity index (χ1) is 10.4. The van der Waals surface area contributed by atoms with Crippen LogP contribution in [-0.2, 0) is 4.79 Å². The number of thiazole rings is 1. The van der Waals surface area contributed by atoms with Crippen LogP contribution < -0.4 is 10.1 Å². The van der Waals surface area contributed by atoms with Crippen molar-refractivity contribution < 1.29 is 14.3 Å². The van der Waals surface area contributed by atoms with Crippen LogP contribution in [0.25, 0.3) is 0 Å². The van der Waals surface area contributed by atoms with Crippen LogP contribution in [0.3, 0.4) is 0 Å². The van der Waals surface area contributed by atoms with E-state index in [0.29, 0.717) is 16.6 Å². The monoisotopic (exact) mass is 318 g/mol. The van der Waals surface area contributed by atoms with Crippen molar-refractivity contribution in [1.29, 1.82) is 0 Å². The Labute approximate surface area is 133 Å². The smallest absolute Gasteiger partial charge is 0.266 e. The Kier molecular flexibility index (Phi) is 4.92. The zero-order chi connectivity index (χ0) is 16.3. The van der Waals surface area contributed by atoms with Gasteiger partial charge in [0.15, 0.2) is 17.0 Å². The molecule has 2 rings (SSSR count). The number of carbonyl (C=O) groups is 2. The van der Waals surface area contributed by atoms with Crippen molar-refractivity contribution in [2.45, 2.75) is 33.8 Å². The van der Waals surface area contributed by atoms with Gasteiger partial charge in [0, 0.05) is 12.3 Å². The topological polar surface area (TPSA) is 68.3 Å². The molecule has 1 aromatic carbocycles. The van der Waals surface area contributed by atoms with Gasteiger partial charge in [-0.25, -0.2) is 4.98 Å². The van der Waals surface area contributed by atoms with E-state index in [1.807, 2.05) is 32.0 Å². The van der Waals surface area contributed by atoms with E-state index in [1.165, 1.54) is 18.3 Å². The number of anilines is 1. The van der Waals surface area contributed by atoms with Gasteiger partial charge in [-0.2, -0.15) is 0 Å². The van der Waals surface area contributed by atoms with E-state index in [4.69, 9.17) is 4.74 Å². The van der Waals surface area contributed by atoms with Gasteiger partial charge in [-0.15, -0.1) is 11.3 Å². The van der Waals surface area contributed by atoms with Crippen molar-refractivity contribution in [2.75, 3.05) is 5.32 Å². The Hall–Kier alpha value is -2.21. The third-order valence-corrected chi connectivity index (χ3v) is 4.08. The van der Waals surface area contributed by atoms with Crippen LogP contribution >= 0.6 is 11.3 Å². The van der Waals surface area contributed by atoms with Crippen LogP contribution in [-0.4, -0.2) is 22.8 Å². The van der Waals surface area contributed by atoms with E-state index in [9.17, 15) is 9.59 Å². The van der Waals surface area contributed by atoms with Crippen LogP contribution in [0.2, 0.25) is 0 Å². The fourth-order valence-corrected chi connectivity index (χ4v) is 2.55. The number of carbonyl (C=O) groups excluding carboxylic acids is 2. The standard InChI is InChI=1S/C16H18N2O3S/c1-9-6-5-7-14(10(9)2)21-12(4)15(20)18-16-17-13(8-22-16)11(3)19/h5-8,12H,1-4H3,(H,17,18,20)/t12-/m1/s1. The molecule has 0 bridgehead atoms. The zero-order valence-electron chi connectivity index (χ0n) is 13.0. The zero-order valence-corrected chi connectivity index (χ0v) is 13.8. The third kappa shape index (κ3) is 3.71. The maximum Gasteiger partial charge on any atom is 0.266 e. The molecule has 1 aromatic heterocycles. The highest BCUT2D eigenvalue weighted by Crippen LogP contribution is 2.22. The summed E-state index contributed by atoms with van der Waals surface area (Å²) in [6.45, 7) is 7.06. The number of hydrogen-bond donors (Lipinski definition) is 1. The van der Waals surface area contributed by atoms with E-state index >= 15 is 0 Å². The molecule has 116 valence electrons. The molecule has 0 radical (unpaired) electrons. The Balaban J connectivity index is 2.02. The molecule has 1 heterocycles. The summed E-state index contributed by atoms with van der Waals surface area (Å²) < 4.78 is 5.71. The second kappa shape index (κ2) is 6.70. The number of Topliss-reactive ketones (excluding diaryl/α,β-unsaturated/α-hetero) is 1. The summed E-state index contributed by atoms with van der Waals surface area (Å²) in [6.07, 6.45) is -0.662. The Morgan fingerprint density at radius 1 is 1.32 bits per heavy atom. The minimum atomic E-state index is -0.662. The second-order valence-corrected chi connectivity index (χ2v) is 5.90. The summed E-state index contributed by atoms with van der Waals surface area (Å²) in [5.41, 5.74) is 2.47. The molecule has 0 fully saturated rings. The molecule has 0 unspecified atom stereocenters. The fraction of sp³-hybridized carbons (Fsp3) is 0.312. The van der Waals surface area contributed by atoms with Gasteiger partial charge in [-0.3, -0.25) is 14.9 Å². The molecule has 0 aliphatic carbocycles. The summed E-state index contributed by atoms with van der Waals surface area (Å²) in [4.78, 5) is 27.4. The van der Waals surface area contributed by atoms with Gasteiger partial charge in [0.1, 0.15) is 11.4 Å². The maximum absolute atomic E-state index is 12.1. The summed E-state index contributed by atoms with van der Waals surface area (Å²) in [5, 5.41) is 4.68. The van der Waals surface area contributed by atoms with Gasteiger partial charge >= 0.3 is 0 Å². The third-order valence-electron chi connectivity index (χ3n) is 3.32. The van der Waals surface area contributed by atoms with Gasteiger partial charge in [-0.05, 0) is 38.0 Å². The van der Waals surface area contributed by atoms with E-state index in [-0.39, 0.29) is 11.7 Å². The van der Waals surface area contributed by atoms with Crippen LogP contribution in [0.4, 0.5) is 5.13 Å². The average Bonchev–Trinajstić information content (AvgIpc) is 2.92. The van der Waals surface area contributed by atoms with Crippen LogP contribution in [0.5, 0.6) is 5.75 Å². The van der Waals surface area contributed by atoms with Crippen molar-refractivity contribution in [1.82, 2.24) is 4.98 Å². The predicted octanol–water partition coefficient (Wildman–Crippen LogP) is 3.37. The lowest BCUT2D eigenvalue weighted by Crippen LogP contribution is -2.30.